The van der Waals surface area contributed by atoms with E-state index in [-0.39, 0.29) is 11.0 Å². The topological polar surface area (TPSA) is 68.8 Å². The Balaban J connectivity index is 1.92. The van der Waals surface area contributed by atoms with Crippen molar-refractivity contribution in [3.63, 3.8) is 0 Å². The lowest BCUT2D eigenvalue weighted by atomic mass is 10.1. The van der Waals surface area contributed by atoms with Gasteiger partial charge < -0.3 is 19.5 Å². The van der Waals surface area contributed by atoms with E-state index in [1.54, 1.807) is 19.2 Å². The maximum atomic E-state index is 12.9. The van der Waals surface area contributed by atoms with Crippen molar-refractivity contribution in [2.45, 2.75) is 59.4 Å². The maximum absolute atomic E-state index is 12.9. The molecular formula is C27H37BrN2O4S. The number of unbranched alkanes of at least 4 members (excludes halogenated alkanes) is 3. The molecule has 0 aliphatic heterocycles. The Labute approximate surface area is 223 Å². The molecule has 0 saturated carbocycles. The Hall–Kier alpha value is -2.32. The predicted molar refractivity (Wildman–Crippen MR) is 149 cm³/mol. The van der Waals surface area contributed by atoms with Crippen LogP contribution in [0.15, 0.2) is 40.9 Å². The largest absolute Gasteiger partial charge is 0.493 e. The van der Waals surface area contributed by atoms with Crippen LogP contribution in [-0.2, 0) is 6.54 Å². The van der Waals surface area contributed by atoms with E-state index in [0.717, 1.165) is 29.3 Å². The second-order valence-electron chi connectivity index (χ2n) is 8.70. The molecule has 8 heteroatoms. The van der Waals surface area contributed by atoms with Crippen molar-refractivity contribution < 1.29 is 19.0 Å². The van der Waals surface area contributed by atoms with Gasteiger partial charge in [-0.25, -0.2) is 0 Å². The molecule has 0 saturated heterocycles. The molecule has 192 valence electrons. The van der Waals surface area contributed by atoms with Crippen molar-refractivity contribution >= 4 is 39.2 Å². The Morgan fingerprint density at radius 3 is 2.46 bits per heavy atom. The van der Waals surface area contributed by atoms with Crippen LogP contribution < -0.4 is 24.8 Å². The van der Waals surface area contributed by atoms with Crippen LogP contribution in [0.4, 0.5) is 0 Å². The minimum Gasteiger partial charge on any atom is -0.493 e. The molecule has 0 unspecified atom stereocenters. The lowest BCUT2D eigenvalue weighted by Crippen LogP contribution is -2.39. The average molecular weight is 566 g/mol. The van der Waals surface area contributed by atoms with Crippen LogP contribution in [0.5, 0.6) is 17.2 Å². The zero-order chi connectivity index (χ0) is 25.6. The first kappa shape index (κ1) is 28.9. The van der Waals surface area contributed by atoms with Gasteiger partial charge in [-0.05, 0) is 66.9 Å². The summed E-state index contributed by atoms with van der Waals surface area (Å²) in [7, 11) is 1.62. The van der Waals surface area contributed by atoms with Gasteiger partial charge >= 0.3 is 0 Å². The van der Waals surface area contributed by atoms with Crippen LogP contribution in [0.2, 0.25) is 0 Å². The number of halogens is 1. The summed E-state index contributed by atoms with van der Waals surface area (Å²) < 4.78 is 18.0. The average Bonchev–Trinajstić information content (AvgIpc) is 2.83. The molecule has 2 N–H and O–H groups in total. The highest BCUT2D eigenvalue weighted by molar-refractivity contribution is 9.10. The zero-order valence-corrected chi connectivity index (χ0v) is 23.5. The van der Waals surface area contributed by atoms with Gasteiger partial charge in [-0.15, -0.1) is 0 Å². The molecule has 0 bridgehead atoms. The third kappa shape index (κ3) is 10.4. The molecule has 0 aliphatic carbocycles. The van der Waals surface area contributed by atoms with Gasteiger partial charge in [-0.1, -0.05) is 62.0 Å². The Morgan fingerprint density at radius 2 is 1.74 bits per heavy atom. The van der Waals surface area contributed by atoms with E-state index in [1.807, 2.05) is 24.3 Å². The molecule has 2 aromatic rings. The van der Waals surface area contributed by atoms with Gasteiger partial charge in [0.25, 0.3) is 5.91 Å². The zero-order valence-electron chi connectivity index (χ0n) is 21.1. The molecule has 0 spiro atoms. The molecule has 6 nitrogen and oxygen atoms in total. The highest BCUT2D eigenvalue weighted by atomic mass is 79.9. The quantitative estimate of drug-likeness (QED) is 0.198. The van der Waals surface area contributed by atoms with Gasteiger partial charge in [0.1, 0.15) is 5.75 Å². The lowest BCUT2D eigenvalue weighted by Gasteiger charge is -2.15. The number of benzene rings is 2. The van der Waals surface area contributed by atoms with Crippen molar-refractivity contribution in [2.24, 2.45) is 5.92 Å². The number of nitrogens with one attached hydrogen (secondary N) is 2. The van der Waals surface area contributed by atoms with Crippen LogP contribution in [-0.4, -0.2) is 31.3 Å². The Kier molecular flexibility index (Phi) is 12.9. The second kappa shape index (κ2) is 15.6. The van der Waals surface area contributed by atoms with Crippen LogP contribution in [0.25, 0.3) is 0 Å². The lowest BCUT2D eigenvalue weighted by molar-refractivity contribution is 0.0972. The van der Waals surface area contributed by atoms with Crippen molar-refractivity contribution in [3.8, 4) is 17.2 Å². The van der Waals surface area contributed by atoms with E-state index >= 15 is 0 Å². The molecule has 2 aromatic carbocycles. The van der Waals surface area contributed by atoms with Crippen LogP contribution in [0.1, 0.15) is 68.8 Å². The number of carbonyl (C=O) groups excluding carboxylic acids is 1. The Bertz CT molecular complexity index is 968. The van der Waals surface area contributed by atoms with E-state index in [2.05, 4.69) is 47.3 Å². The minimum absolute atomic E-state index is 0.236. The molecular weight excluding hydrogens is 528 g/mol. The maximum Gasteiger partial charge on any atom is 0.261 e. The van der Waals surface area contributed by atoms with E-state index < -0.39 is 0 Å². The standard InChI is InChI=1S/C27H37BrN2O4S/c1-5-6-7-8-14-33-23-12-10-21(28)17-22(23)26(31)30-27(35)29-18-20-9-11-24(25(16-20)32-4)34-15-13-19(2)3/h9-12,16-17,19H,5-8,13-15,18H2,1-4H3,(H2,29,30,31,35). The van der Waals surface area contributed by atoms with Gasteiger partial charge in [0.15, 0.2) is 16.6 Å². The van der Waals surface area contributed by atoms with Crippen molar-refractivity contribution in [3.05, 3.63) is 52.0 Å². The summed E-state index contributed by atoms with van der Waals surface area (Å²) in [6.07, 6.45) is 5.38. The number of hydrogen-bond acceptors (Lipinski definition) is 5. The smallest absolute Gasteiger partial charge is 0.261 e. The molecule has 0 aliphatic rings. The summed E-state index contributed by atoms with van der Waals surface area (Å²) in [4.78, 5) is 12.9. The van der Waals surface area contributed by atoms with Gasteiger partial charge in [0.2, 0.25) is 0 Å². The molecule has 1 amide bonds. The third-order valence-electron chi connectivity index (χ3n) is 5.30. The molecule has 0 atom stereocenters. The normalized spacial score (nSPS) is 10.7. The molecule has 0 fully saturated rings. The fraction of sp³-hybridized carbons (Fsp3) is 0.481. The third-order valence-corrected chi connectivity index (χ3v) is 6.04. The summed E-state index contributed by atoms with van der Waals surface area (Å²) in [6, 6.07) is 11.1. The van der Waals surface area contributed by atoms with E-state index in [4.69, 9.17) is 26.4 Å². The molecule has 0 radical (unpaired) electrons. The van der Waals surface area contributed by atoms with Crippen LogP contribution in [0.3, 0.4) is 0 Å². The second-order valence-corrected chi connectivity index (χ2v) is 10.0. The van der Waals surface area contributed by atoms with Crippen molar-refractivity contribution in [1.82, 2.24) is 10.6 Å². The number of ether oxygens (including phenoxy) is 3. The van der Waals surface area contributed by atoms with E-state index in [0.29, 0.717) is 48.5 Å². The number of amides is 1. The minimum atomic E-state index is -0.321. The van der Waals surface area contributed by atoms with Crippen LogP contribution in [0, 0.1) is 5.92 Å². The number of methoxy groups -OCH3 is 1. The Morgan fingerprint density at radius 1 is 1.00 bits per heavy atom. The fourth-order valence-corrected chi connectivity index (χ4v) is 3.79. The van der Waals surface area contributed by atoms with Gasteiger partial charge in [0.05, 0.1) is 25.9 Å². The molecule has 0 aromatic heterocycles. The number of thiocarbonyl (C=S) groups is 1. The van der Waals surface area contributed by atoms with Crippen molar-refractivity contribution in [2.75, 3.05) is 20.3 Å². The molecule has 0 heterocycles. The number of hydrogen-bond donors (Lipinski definition) is 2. The van der Waals surface area contributed by atoms with Crippen molar-refractivity contribution in [1.29, 1.82) is 0 Å². The first-order valence-electron chi connectivity index (χ1n) is 12.1. The summed E-state index contributed by atoms with van der Waals surface area (Å²) in [5.74, 6) is 2.18. The molecule has 35 heavy (non-hydrogen) atoms. The first-order valence-corrected chi connectivity index (χ1v) is 13.3. The van der Waals surface area contributed by atoms with Gasteiger partial charge in [0, 0.05) is 11.0 Å². The van der Waals surface area contributed by atoms with E-state index in [1.165, 1.54) is 12.8 Å². The fourth-order valence-electron chi connectivity index (χ4n) is 3.26. The molecule has 2 rings (SSSR count). The highest BCUT2D eigenvalue weighted by Crippen LogP contribution is 2.28. The summed E-state index contributed by atoms with van der Waals surface area (Å²) >= 11 is 8.79. The number of carbonyl (C=O) groups is 1. The highest BCUT2D eigenvalue weighted by Gasteiger charge is 2.15. The van der Waals surface area contributed by atoms with E-state index in [9.17, 15) is 4.79 Å². The van der Waals surface area contributed by atoms with Gasteiger partial charge in [-0.3, -0.25) is 10.1 Å². The monoisotopic (exact) mass is 564 g/mol. The van der Waals surface area contributed by atoms with Gasteiger partial charge in [-0.2, -0.15) is 0 Å². The summed E-state index contributed by atoms with van der Waals surface area (Å²) in [5.41, 5.74) is 1.39. The predicted octanol–water partition coefficient (Wildman–Crippen LogP) is 6.65. The number of rotatable bonds is 14. The summed E-state index contributed by atoms with van der Waals surface area (Å²) in [5, 5.41) is 6.06. The van der Waals surface area contributed by atoms with Crippen LogP contribution >= 0.6 is 28.1 Å². The SMILES string of the molecule is CCCCCCOc1ccc(Br)cc1C(=O)NC(=S)NCc1ccc(OCCC(C)C)c(OC)c1. The summed E-state index contributed by atoms with van der Waals surface area (Å²) in [6.45, 7) is 8.14. The first-order chi connectivity index (χ1) is 16.8.